The lowest BCUT2D eigenvalue weighted by Gasteiger charge is -2.25. The maximum atomic E-state index is 3.57. The predicted octanol–water partition coefficient (Wildman–Crippen LogP) is 4.30. The molecular formula is C19H34N2. The van der Waals surface area contributed by atoms with Crippen molar-refractivity contribution in [2.75, 3.05) is 19.6 Å². The number of nitrogens with zero attached hydrogens (tertiary/aromatic N) is 1. The molecule has 0 aromatic heterocycles. The Labute approximate surface area is 131 Å². The molecule has 0 bridgehead atoms. The first-order valence-electron chi connectivity index (χ1n) is 8.56. The quantitative estimate of drug-likeness (QED) is 0.691. The van der Waals surface area contributed by atoms with E-state index in [1.807, 2.05) is 0 Å². The molecule has 2 nitrogen and oxygen atoms in total. The van der Waals surface area contributed by atoms with Crippen molar-refractivity contribution in [2.24, 2.45) is 11.8 Å². The van der Waals surface area contributed by atoms with Crippen LogP contribution in [0.2, 0.25) is 0 Å². The van der Waals surface area contributed by atoms with Crippen molar-refractivity contribution in [1.82, 2.24) is 10.2 Å². The van der Waals surface area contributed by atoms with E-state index in [1.54, 1.807) is 0 Å². The summed E-state index contributed by atoms with van der Waals surface area (Å²) < 4.78 is 0. The zero-order valence-electron chi connectivity index (χ0n) is 14.7. The van der Waals surface area contributed by atoms with Gasteiger partial charge in [0.25, 0.3) is 0 Å². The summed E-state index contributed by atoms with van der Waals surface area (Å²) >= 11 is 0. The highest BCUT2D eigenvalue weighted by atomic mass is 15.1. The van der Waals surface area contributed by atoms with Gasteiger partial charge < -0.3 is 5.32 Å². The van der Waals surface area contributed by atoms with Gasteiger partial charge in [-0.1, -0.05) is 65.3 Å². The van der Waals surface area contributed by atoms with Crippen molar-refractivity contribution in [3.63, 3.8) is 0 Å². The van der Waals surface area contributed by atoms with E-state index in [2.05, 4.69) is 69.1 Å². The lowest BCUT2D eigenvalue weighted by Crippen LogP contribution is -2.29. The van der Waals surface area contributed by atoms with E-state index < -0.39 is 0 Å². The molecule has 0 saturated heterocycles. The fraction of sp³-hybridized carbons (Fsp3) is 0.684. The van der Waals surface area contributed by atoms with E-state index in [4.69, 9.17) is 0 Å². The third-order valence-electron chi connectivity index (χ3n) is 4.09. The average molecular weight is 290 g/mol. The van der Waals surface area contributed by atoms with Gasteiger partial charge in [-0.15, -0.1) is 0 Å². The average Bonchev–Trinajstić information content (AvgIpc) is 2.47. The first kappa shape index (κ1) is 18.2. The highest BCUT2D eigenvalue weighted by Gasteiger charge is 2.10. The van der Waals surface area contributed by atoms with Gasteiger partial charge >= 0.3 is 0 Å². The van der Waals surface area contributed by atoms with E-state index in [0.717, 1.165) is 32.1 Å². The van der Waals surface area contributed by atoms with Crippen LogP contribution in [-0.4, -0.2) is 24.5 Å². The number of hydrogen-bond donors (Lipinski definition) is 1. The molecule has 0 amide bonds. The third-order valence-corrected chi connectivity index (χ3v) is 4.09. The van der Waals surface area contributed by atoms with Gasteiger partial charge in [-0.05, 0) is 36.1 Å². The molecule has 1 rings (SSSR count). The molecule has 2 heteroatoms. The van der Waals surface area contributed by atoms with Gasteiger partial charge in [-0.3, -0.25) is 4.90 Å². The lowest BCUT2D eigenvalue weighted by atomic mass is 10.0. The Morgan fingerprint density at radius 3 is 2.29 bits per heavy atom. The van der Waals surface area contributed by atoms with Crippen molar-refractivity contribution >= 4 is 0 Å². The number of benzene rings is 1. The van der Waals surface area contributed by atoms with Gasteiger partial charge in [0.1, 0.15) is 0 Å². The Morgan fingerprint density at radius 2 is 1.71 bits per heavy atom. The van der Waals surface area contributed by atoms with E-state index in [0.29, 0.717) is 5.92 Å². The second-order valence-corrected chi connectivity index (χ2v) is 6.63. The topological polar surface area (TPSA) is 15.3 Å². The number of hydrogen-bond acceptors (Lipinski definition) is 2. The fourth-order valence-electron chi connectivity index (χ4n) is 2.50. The van der Waals surface area contributed by atoms with Crippen molar-refractivity contribution in [1.29, 1.82) is 0 Å². The van der Waals surface area contributed by atoms with Gasteiger partial charge in [0, 0.05) is 19.6 Å². The molecule has 0 saturated carbocycles. The highest BCUT2D eigenvalue weighted by molar-refractivity contribution is 5.27. The van der Waals surface area contributed by atoms with Gasteiger partial charge in [-0.25, -0.2) is 0 Å². The van der Waals surface area contributed by atoms with Gasteiger partial charge in [0.2, 0.25) is 0 Å². The van der Waals surface area contributed by atoms with Crippen molar-refractivity contribution in [2.45, 2.75) is 54.1 Å². The smallest absolute Gasteiger partial charge is 0.0236 e. The van der Waals surface area contributed by atoms with Crippen molar-refractivity contribution in [3.05, 3.63) is 35.4 Å². The summed E-state index contributed by atoms with van der Waals surface area (Å²) in [6, 6.07) is 8.87. The molecule has 1 atom stereocenters. The normalized spacial score (nSPS) is 13.1. The summed E-state index contributed by atoms with van der Waals surface area (Å²) in [4.78, 5) is 2.56. The van der Waals surface area contributed by atoms with E-state index >= 15 is 0 Å². The molecule has 21 heavy (non-hydrogen) atoms. The van der Waals surface area contributed by atoms with Gasteiger partial charge in [-0.2, -0.15) is 0 Å². The van der Waals surface area contributed by atoms with Crippen LogP contribution in [0.3, 0.4) is 0 Å². The maximum Gasteiger partial charge on any atom is 0.0236 e. The summed E-state index contributed by atoms with van der Waals surface area (Å²) in [5.74, 6) is 1.48. The predicted molar refractivity (Wildman–Crippen MR) is 93.4 cm³/mol. The highest BCUT2D eigenvalue weighted by Crippen LogP contribution is 2.14. The van der Waals surface area contributed by atoms with Crippen LogP contribution in [-0.2, 0) is 13.1 Å². The van der Waals surface area contributed by atoms with Crippen molar-refractivity contribution in [3.8, 4) is 0 Å². The van der Waals surface area contributed by atoms with Gasteiger partial charge in [0.15, 0.2) is 0 Å². The Hall–Kier alpha value is -0.860. The third kappa shape index (κ3) is 7.10. The zero-order valence-corrected chi connectivity index (χ0v) is 14.7. The van der Waals surface area contributed by atoms with Crippen LogP contribution in [0.25, 0.3) is 0 Å². The second kappa shape index (κ2) is 9.97. The minimum Gasteiger partial charge on any atom is -0.312 e. The van der Waals surface area contributed by atoms with E-state index in [1.165, 1.54) is 24.1 Å². The van der Waals surface area contributed by atoms with Crippen LogP contribution in [0.5, 0.6) is 0 Å². The monoisotopic (exact) mass is 290 g/mol. The van der Waals surface area contributed by atoms with E-state index in [-0.39, 0.29) is 0 Å². The molecule has 0 aliphatic carbocycles. The van der Waals surface area contributed by atoms with Crippen LogP contribution in [0, 0.1) is 11.8 Å². The molecular weight excluding hydrogens is 256 g/mol. The van der Waals surface area contributed by atoms with Crippen LogP contribution in [0.1, 0.15) is 52.2 Å². The van der Waals surface area contributed by atoms with Crippen LogP contribution < -0.4 is 5.32 Å². The molecule has 1 aromatic carbocycles. The molecule has 1 unspecified atom stereocenters. The summed E-state index contributed by atoms with van der Waals surface area (Å²) in [6.45, 7) is 16.9. The summed E-state index contributed by atoms with van der Waals surface area (Å²) in [6.07, 6.45) is 1.26. The number of nitrogens with one attached hydrogen (secondary N) is 1. The first-order valence-corrected chi connectivity index (χ1v) is 8.56. The maximum absolute atomic E-state index is 3.57. The Bertz CT molecular complexity index is 387. The minimum absolute atomic E-state index is 0.703. The lowest BCUT2D eigenvalue weighted by molar-refractivity contribution is 0.237. The Balaban J connectivity index is 2.63. The molecule has 0 aliphatic rings. The molecule has 0 radical (unpaired) electrons. The van der Waals surface area contributed by atoms with Gasteiger partial charge in [0.05, 0.1) is 0 Å². The molecule has 0 fully saturated rings. The standard InChI is InChI=1S/C19H34N2/c1-6-17(5)14-21(7-2)15-19-11-9-8-10-18(19)13-20-12-16(3)4/h8-11,16-17,20H,6-7,12-15H2,1-5H3. The largest absolute Gasteiger partial charge is 0.312 e. The Morgan fingerprint density at radius 1 is 1.05 bits per heavy atom. The molecule has 0 aliphatic heterocycles. The number of rotatable bonds is 10. The van der Waals surface area contributed by atoms with E-state index in [9.17, 15) is 0 Å². The molecule has 120 valence electrons. The molecule has 1 aromatic rings. The van der Waals surface area contributed by atoms with Crippen molar-refractivity contribution < 1.29 is 0 Å². The second-order valence-electron chi connectivity index (χ2n) is 6.63. The zero-order chi connectivity index (χ0) is 15.7. The summed E-state index contributed by atoms with van der Waals surface area (Å²) in [5, 5.41) is 3.57. The fourth-order valence-corrected chi connectivity index (χ4v) is 2.50. The molecule has 0 spiro atoms. The first-order chi connectivity index (χ1) is 10.1. The molecule has 0 heterocycles. The SMILES string of the molecule is CCC(C)CN(CC)Cc1ccccc1CNCC(C)C. The van der Waals surface area contributed by atoms with Crippen LogP contribution in [0.15, 0.2) is 24.3 Å². The minimum atomic E-state index is 0.703. The summed E-state index contributed by atoms with van der Waals surface area (Å²) in [7, 11) is 0. The Kier molecular flexibility index (Phi) is 8.63. The van der Waals surface area contributed by atoms with Crippen LogP contribution in [0.4, 0.5) is 0 Å². The summed E-state index contributed by atoms with van der Waals surface area (Å²) in [5.41, 5.74) is 2.92. The van der Waals surface area contributed by atoms with Crippen LogP contribution >= 0.6 is 0 Å². The molecule has 1 N–H and O–H groups in total.